The summed E-state index contributed by atoms with van der Waals surface area (Å²) in [4.78, 5) is 30.3. The maximum absolute atomic E-state index is 13.1. The number of nitrogens with one attached hydrogen (secondary N) is 2. The maximum atomic E-state index is 13.1. The van der Waals surface area contributed by atoms with Crippen LogP contribution in [-0.4, -0.2) is 44.9 Å². The third-order valence-corrected chi connectivity index (χ3v) is 5.27. The summed E-state index contributed by atoms with van der Waals surface area (Å²) in [6.07, 6.45) is 10.1. The smallest absolute Gasteiger partial charge is 0.278 e. The Hall–Kier alpha value is -4.05. The lowest BCUT2D eigenvalue weighted by atomic mass is 10.1. The predicted molar refractivity (Wildman–Crippen MR) is 131 cm³/mol. The van der Waals surface area contributed by atoms with Crippen LogP contribution >= 0.6 is 0 Å². The van der Waals surface area contributed by atoms with Crippen molar-refractivity contribution in [2.24, 2.45) is 0 Å². The molecule has 0 spiro atoms. The lowest BCUT2D eigenvalue weighted by Gasteiger charge is -2.13. The van der Waals surface area contributed by atoms with Crippen molar-refractivity contribution in [3.8, 4) is 16.9 Å². The van der Waals surface area contributed by atoms with Crippen molar-refractivity contribution in [3.05, 3.63) is 78.4 Å². The summed E-state index contributed by atoms with van der Waals surface area (Å²) < 4.78 is 1.92. The van der Waals surface area contributed by atoms with E-state index in [0.29, 0.717) is 11.4 Å². The maximum Gasteiger partial charge on any atom is 0.278 e. The second-order valence-electron chi connectivity index (χ2n) is 7.45. The van der Waals surface area contributed by atoms with Crippen molar-refractivity contribution in [3.63, 3.8) is 0 Å². The van der Waals surface area contributed by atoms with Gasteiger partial charge in [0.2, 0.25) is 0 Å². The molecular weight excluding hydrogens is 415 g/mol. The molecule has 1 amide bonds. The number of carbonyl (C=O) groups is 1. The number of anilines is 2. The number of nitrogens with zero attached hydrogens (tertiary/aromatic N) is 5. The molecule has 0 unspecified atom stereocenters. The van der Waals surface area contributed by atoms with Crippen molar-refractivity contribution < 1.29 is 4.79 Å². The molecule has 3 aromatic heterocycles. The molecule has 0 aliphatic carbocycles. The summed E-state index contributed by atoms with van der Waals surface area (Å²) in [5, 5.41) is 6.02. The number of benzene rings is 1. The van der Waals surface area contributed by atoms with Crippen molar-refractivity contribution >= 4 is 25.4 Å². The number of hydrogen-bond acceptors (Lipinski definition) is 7. The average Bonchev–Trinajstić information content (AvgIpc) is 3.32. The molecule has 0 fully saturated rings. The van der Waals surface area contributed by atoms with E-state index in [2.05, 4.69) is 30.5 Å². The van der Waals surface area contributed by atoms with E-state index >= 15 is 0 Å². The molecule has 0 saturated carbocycles. The Labute approximate surface area is 193 Å². The van der Waals surface area contributed by atoms with Gasteiger partial charge in [0.15, 0.2) is 19.5 Å². The van der Waals surface area contributed by atoms with E-state index in [0.717, 1.165) is 36.5 Å². The highest BCUT2D eigenvalue weighted by Gasteiger charge is 2.18. The Bertz CT molecular complexity index is 1260. The zero-order valence-corrected chi connectivity index (χ0v) is 18.6. The Kier molecular flexibility index (Phi) is 6.75. The number of nitrogens with two attached hydrogens (primary N) is 1. The highest BCUT2D eigenvalue weighted by atomic mass is 16.1. The highest BCUT2D eigenvalue weighted by Crippen LogP contribution is 2.23. The monoisotopic (exact) mass is 440 g/mol. The summed E-state index contributed by atoms with van der Waals surface area (Å²) in [5.41, 5.74) is 9.99. The molecule has 4 N–H and O–H groups in total. The molecule has 9 nitrogen and oxygen atoms in total. The van der Waals surface area contributed by atoms with Gasteiger partial charge in [-0.2, -0.15) is 0 Å². The molecule has 33 heavy (non-hydrogen) atoms. The molecular formula is C23H25BN8O. The molecule has 166 valence electrons. The quantitative estimate of drug-likeness (QED) is 0.357. The van der Waals surface area contributed by atoms with Gasteiger partial charge >= 0.3 is 0 Å². The second-order valence-corrected chi connectivity index (χ2v) is 7.45. The van der Waals surface area contributed by atoms with Crippen LogP contribution in [0.25, 0.3) is 16.9 Å². The van der Waals surface area contributed by atoms with Crippen molar-refractivity contribution in [1.29, 1.82) is 0 Å². The molecule has 0 saturated heterocycles. The predicted octanol–water partition coefficient (Wildman–Crippen LogP) is 1.80. The van der Waals surface area contributed by atoms with Crippen LogP contribution in [0.15, 0.2) is 61.3 Å². The Morgan fingerprint density at radius 3 is 2.70 bits per heavy atom. The van der Waals surface area contributed by atoms with Gasteiger partial charge in [-0.15, -0.1) is 0 Å². The lowest BCUT2D eigenvalue weighted by Crippen LogP contribution is -2.18. The molecule has 0 aliphatic rings. The average molecular weight is 440 g/mol. The molecule has 1 aromatic carbocycles. The van der Waals surface area contributed by atoms with Crippen molar-refractivity contribution in [2.45, 2.75) is 19.8 Å². The van der Waals surface area contributed by atoms with Gasteiger partial charge in [0.05, 0.1) is 29.5 Å². The van der Waals surface area contributed by atoms with Gasteiger partial charge in [0, 0.05) is 30.6 Å². The number of nitrogen functional groups attached to an aromatic ring is 1. The summed E-state index contributed by atoms with van der Waals surface area (Å²) in [6, 6.07) is 9.85. The number of pyridine rings is 1. The largest absolute Gasteiger partial charge is 0.382 e. The molecule has 0 aliphatic heterocycles. The fourth-order valence-corrected chi connectivity index (χ4v) is 3.51. The van der Waals surface area contributed by atoms with Gasteiger partial charge in [-0.05, 0) is 24.6 Å². The lowest BCUT2D eigenvalue weighted by molar-refractivity contribution is 0.102. The van der Waals surface area contributed by atoms with E-state index in [4.69, 9.17) is 5.73 Å². The van der Waals surface area contributed by atoms with Crippen molar-refractivity contribution in [2.75, 3.05) is 17.6 Å². The topological polar surface area (TPSA) is 124 Å². The first-order valence-corrected chi connectivity index (χ1v) is 10.7. The fourth-order valence-electron chi connectivity index (χ4n) is 3.51. The van der Waals surface area contributed by atoms with E-state index < -0.39 is 5.91 Å². The number of carbonyl (C=O) groups excluding carboxylic acids is 1. The first kappa shape index (κ1) is 22.2. The van der Waals surface area contributed by atoms with Gasteiger partial charge in [-0.3, -0.25) is 9.78 Å². The van der Waals surface area contributed by atoms with E-state index in [9.17, 15) is 4.79 Å². The van der Waals surface area contributed by atoms with Crippen LogP contribution in [-0.2, 0) is 12.8 Å². The van der Waals surface area contributed by atoms with Crippen LogP contribution in [0, 0.1) is 0 Å². The minimum Gasteiger partial charge on any atom is -0.382 e. The molecule has 4 rings (SSSR count). The molecule has 0 atom stereocenters. The van der Waals surface area contributed by atoms with Crippen LogP contribution < -0.4 is 16.3 Å². The zero-order chi connectivity index (χ0) is 23.2. The van der Waals surface area contributed by atoms with E-state index in [1.54, 1.807) is 24.8 Å². The molecule has 0 bridgehead atoms. The van der Waals surface area contributed by atoms with Gasteiger partial charge in [-0.25, -0.2) is 15.0 Å². The van der Waals surface area contributed by atoms with Crippen LogP contribution in [0.4, 0.5) is 11.5 Å². The highest BCUT2D eigenvalue weighted by molar-refractivity contribution is 6.06. The van der Waals surface area contributed by atoms with E-state index in [-0.39, 0.29) is 11.5 Å². The molecule has 10 heteroatoms. The minimum absolute atomic E-state index is 0.0582. The van der Waals surface area contributed by atoms with Crippen LogP contribution in [0.1, 0.15) is 28.8 Å². The number of hydrogen-bond donors (Lipinski definition) is 3. The minimum atomic E-state index is -0.458. The Morgan fingerprint density at radius 2 is 1.94 bits per heavy atom. The van der Waals surface area contributed by atoms with Gasteiger partial charge in [-0.1, -0.05) is 31.2 Å². The first-order valence-electron chi connectivity index (χ1n) is 10.7. The van der Waals surface area contributed by atoms with E-state index in [1.807, 2.05) is 56.0 Å². The number of rotatable bonds is 8. The van der Waals surface area contributed by atoms with Gasteiger partial charge in [0.25, 0.3) is 5.91 Å². The summed E-state index contributed by atoms with van der Waals surface area (Å²) in [5.74, 6) is 0.472. The van der Waals surface area contributed by atoms with E-state index in [1.165, 1.54) is 5.56 Å². The molecule has 3 heterocycles. The second kappa shape index (κ2) is 10.1. The summed E-state index contributed by atoms with van der Waals surface area (Å²) in [7, 11) is 1.93. The third kappa shape index (κ3) is 4.91. The number of amides is 1. The summed E-state index contributed by atoms with van der Waals surface area (Å²) >= 11 is 0. The fraction of sp³-hybridized carbons (Fsp3) is 0.174. The first-order chi connectivity index (χ1) is 16.1. The van der Waals surface area contributed by atoms with Gasteiger partial charge < -0.3 is 20.8 Å². The third-order valence-electron chi connectivity index (χ3n) is 5.27. The van der Waals surface area contributed by atoms with Crippen LogP contribution in [0.5, 0.6) is 0 Å². The van der Waals surface area contributed by atoms with Crippen molar-refractivity contribution in [1.82, 2.24) is 29.7 Å². The SMILES string of the molecule is BNCCc1ccc(-c2cnc(N)c(C(=O)Nc3cnccc3-n3ccnc3CC)n2)cc1. The zero-order valence-electron chi connectivity index (χ0n) is 18.6. The molecule has 0 radical (unpaired) electrons. The number of imidazole rings is 1. The van der Waals surface area contributed by atoms with Gasteiger partial charge in [0.1, 0.15) is 5.82 Å². The number of aryl methyl sites for hydroxylation is 1. The standard InChI is InChI=1S/C23H25BN8O/c1-2-20-27-11-12-32(20)19-8-9-26-13-18(19)31-23(33)21-22(25)28-14-17(30-21)16-5-3-15(4-6-16)7-10-29-24/h3-6,8-9,11-14,29H,2,7,10,24H2,1H3,(H2,25,28)(H,31,33). The Morgan fingerprint density at radius 1 is 1.12 bits per heavy atom. The Balaban J connectivity index is 1.60. The number of aromatic nitrogens is 5. The summed E-state index contributed by atoms with van der Waals surface area (Å²) in [6.45, 7) is 2.92. The molecule has 4 aromatic rings. The van der Waals surface area contributed by atoms with Crippen LogP contribution in [0.3, 0.4) is 0 Å². The normalized spacial score (nSPS) is 10.8. The van der Waals surface area contributed by atoms with Crippen LogP contribution in [0.2, 0.25) is 0 Å².